The van der Waals surface area contributed by atoms with Crippen molar-refractivity contribution in [2.24, 2.45) is 5.73 Å². The Morgan fingerprint density at radius 1 is 1.45 bits per heavy atom. The molecule has 1 saturated heterocycles. The summed E-state index contributed by atoms with van der Waals surface area (Å²) in [6.45, 7) is 7.59. The van der Waals surface area contributed by atoms with Gasteiger partial charge in [-0.1, -0.05) is 0 Å². The average molecular weight is 277 g/mol. The molecule has 5 nitrogen and oxygen atoms in total. The fraction of sp³-hybridized carbons (Fsp3) is 0.533. The van der Waals surface area contributed by atoms with Crippen LogP contribution in [0.1, 0.15) is 19.4 Å². The molecule has 1 aliphatic heterocycles. The van der Waals surface area contributed by atoms with Crippen molar-refractivity contribution in [3.05, 3.63) is 29.8 Å². The highest BCUT2D eigenvalue weighted by Gasteiger charge is 2.22. The first kappa shape index (κ1) is 14.8. The van der Waals surface area contributed by atoms with E-state index in [2.05, 4.69) is 18.7 Å². The second-order valence-electron chi connectivity index (χ2n) is 5.33. The third-order valence-electron chi connectivity index (χ3n) is 3.50. The quantitative estimate of drug-likeness (QED) is 0.631. The predicted octanol–water partition coefficient (Wildman–Crippen LogP) is 1.46. The van der Waals surface area contributed by atoms with Crippen LogP contribution in [-0.2, 0) is 4.74 Å². The summed E-state index contributed by atoms with van der Waals surface area (Å²) in [5.74, 6) is 0.847. The number of amidine groups is 1. The molecule has 0 aromatic heterocycles. The fourth-order valence-electron chi connectivity index (χ4n) is 2.23. The van der Waals surface area contributed by atoms with Gasteiger partial charge < -0.3 is 15.2 Å². The Hall–Kier alpha value is -1.59. The number of nitrogens with two attached hydrogens (primary N) is 1. The molecular formula is C15H23N3O2. The highest BCUT2D eigenvalue weighted by atomic mass is 16.5. The van der Waals surface area contributed by atoms with Crippen molar-refractivity contribution in [3.63, 3.8) is 0 Å². The summed E-state index contributed by atoms with van der Waals surface area (Å²) in [5, 5.41) is 7.34. The zero-order valence-electron chi connectivity index (χ0n) is 12.1. The van der Waals surface area contributed by atoms with Gasteiger partial charge in [-0.25, -0.2) is 0 Å². The van der Waals surface area contributed by atoms with E-state index in [0.29, 0.717) is 18.2 Å². The monoisotopic (exact) mass is 277 g/mol. The Labute approximate surface area is 120 Å². The van der Waals surface area contributed by atoms with Crippen molar-refractivity contribution in [1.29, 1.82) is 5.41 Å². The maximum Gasteiger partial charge on any atom is 0.122 e. The molecule has 1 aliphatic rings. The smallest absolute Gasteiger partial charge is 0.122 e. The Morgan fingerprint density at radius 2 is 2.15 bits per heavy atom. The molecule has 1 atom stereocenters. The molecule has 1 aromatic carbocycles. The van der Waals surface area contributed by atoms with Crippen molar-refractivity contribution in [2.75, 3.05) is 26.3 Å². The zero-order valence-corrected chi connectivity index (χ0v) is 12.1. The Balaban J connectivity index is 1.84. The molecule has 1 unspecified atom stereocenters. The largest absolute Gasteiger partial charge is 0.491 e. The van der Waals surface area contributed by atoms with Crippen molar-refractivity contribution in [3.8, 4) is 5.75 Å². The molecule has 20 heavy (non-hydrogen) atoms. The molecule has 1 heterocycles. The van der Waals surface area contributed by atoms with Crippen LogP contribution in [0, 0.1) is 5.41 Å². The van der Waals surface area contributed by atoms with Gasteiger partial charge >= 0.3 is 0 Å². The fourth-order valence-corrected chi connectivity index (χ4v) is 2.23. The lowest BCUT2D eigenvalue weighted by atomic mass is 10.2. The van der Waals surface area contributed by atoms with Gasteiger partial charge in [-0.05, 0) is 38.1 Å². The molecule has 5 heteroatoms. The summed E-state index contributed by atoms with van der Waals surface area (Å²) >= 11 is 0. The van der Waals surface area contributed by atoms with E-state index in [-0.39, 0.29) is 11.9 Å². The first-order valence-electron chi connectivity index (χ1n) is 6.99. The van der Waals surface area contributed by atoms with E-state index in [1.807, 2.05) is 12.1 Å². The lowest BCUT2D eigenvalue weighted by molar-refractivity contribution is -0.0564. The van der Waals surface area contributed by atoms with E-state index in [1.165, 1.54) is 0 Å². The summed E-state index contributed by atoms with van der Waals surface area (Å²) in [6.07, 6.45) is 0.110. The van der Waals surface area contributed by atoms with Crippen LogP contribution in [0.25, 0.3) is 0 Å². The number of morpholine rings is 1. The molecule has 1 aromatic rings. The molecule has 110 valence electrons. The van der Waals surface area contributed by atoms with Crippen LogP contribution >= 0.6 is 0 Å². The van der Waals surface area contributed by atoms with Crippen LogP contribution in [-0.4, -0.2) is 49.2 Å². The number of ether oxygens (including phenoxy) is 2. The molecule has 0 bridgehead atoms. The Morgan fingerprint density at radius 3 is 2.75 bits per heavy atom. The Bertz CT molecular complexity index is 445. The zero-order chi connectivity index (χ0) is 14.5. The third-order valence-corrected chi connectivity index (χ3v) is 3.50. The molecule has 2 rings (SSSR count). The van der Waals surface area contributed by atoms with Crippen molar-refractivity contribution < 1.29 is 9.47 Å². The van der Waals surface area contributed by atoms with Crippen molar-refractivity contribution in [2.45, 2.75) is 26.0 Å². The minimum atomic E-state index is 0.0692. The van der Waals surface area contributed by atoms with Gasteiger partial charge in [-0.2, -0.15) is 0 Å². The number of hydrogen-bond acceptors (Lipinski definition) is 4. The van der Waals surface area contributed by atoms with Crippen LogP contribution in [0.3, 0.4) is 0 Å². The minimum Gasteiger partial charge on any atom is -0.491 e. The summed E-state index contributed by atoms with van der Waals surface area (Å²) in [6, 6.07) is 7.79. The van der Waals surface area contributed by atoms with E-state index >= 15 is 0 Å². The van der Waals surface area contributed by atoms with Gasteiger partial charge in [0.25, 0.3) is 0 Å². The highest BCUT2D eigenvalue weighted by molar-refractivity contribution is 5.94. The number of benzene rings is 1. The number of nitrogen functional groups attached to an aromatic ring is 1. The standard InChI is InChI=1S/C15H23N3O2/c1-11(2)18-7-8-19-14(9-18)10-20-13-5-3-12(4-6-13)15(16)17/h3-6,11,14H,7-10H2,1-2H3,(H3,16,17). The van der Waals surface area contributed by atoms with Gasteiger partial charge in [-0.15, -0.1) is 0 Å². The second kappa shape index (κ2) is 6.72. The molecule has 3 N–H and O–H groups in total. The summed E-state index contributed by atoms with van der Waals surface area (Å²) in [7, 11) is 0. The molecule has 1 fully saturated rings. The van der Waals surface area contributed by atoms with Crippen LogP contribution in [0.2, 0.25) is 0 Å². The lowest BCUT2D eigenvalue weighted by Crippen LogP contribution is -2.47. The first-order chi connectivity index (χ1) is 9.56. The molecule has 0 saturated carbocycles. The topological polar surface area (TPSA) is 71.6 Å². The summed E-state index contributed by atoms with van der Waals surface area (Å²) < 4.78 is 11.5. The van der Waals surface area contributed by atoms with Crippen LogP contribution in [0.15, 0.2) is 24.3 Å². The van der Waals surface area contributed by atoms with Gasteiger partial charge in [0.05, 0.1) is 6.61 Å². The van der Waals surface area contributed by atoms with E-state index in [9.17, 15) is 0 Å². The van der Waals surface area contributed by atoms with Gasteiger partial charge in [0.15, 0.2) is 0 Å². The number of nitrogens with zero attached hydrogens (tertiary/aromatic N) is 1. The molecule has 0 amide bonds. The summed E-state index contributed by atoms with van der Waals surface area (Å²) in [4.78, 5) is 2.40. The predicted molar refractivity (Wildman–Crippen MR) is 79.4 cm³/mol. The van der Waals surface area contributed by atoms with Crippen LogP contribution < -0.4 is 10.5 Å². The van der Waals surface area contributed by atoms with E-state index in [1.54, 1.807) is 12.1 Å². The SMILES string of the molecule is CC(C)N1CCOC(COc2ccc(C(=N)N)cc2)C1. The van der Waals surface area contributed by atoms with Crippen LogP contribution in [0.4, 0.5) is 0 Å². The van der Waals surface area contributed by atoms with E-state index < -0.39 is 0 Å². The Kier molecular flexibility index (Phi) is 4.98. The normalized spacial score (nSPS) is 20.1. The lowest BCUT2D eigenvalue weighted by Gasteiger charge is -2.35. The first-order valence-corrected chi connectivity index (χ1v) is 6.99. The van der Waals surface area contributed by atoms with Crippen molar-refractivity contribution >= 4 is 5.84 Å². The summed E-state index contributed by atoms with van der Waals surface area (Å²) in [5.41, 5.74) is 6.12. The number of rotatable bonds is 5. The van der Waals surface area contributed by atoms with Crippen molar-refractivity contribution in [1.82, 2.24) is 4.90 Å². The number of nitrogens with one attached hydrogen (secondary N) is 1. The highest BCUT2D eigenvalue weighted by Crippen LogP contribution is 2.14. The molecule has 0 aliphatic carbocycles. The third kappa shape index (κ3) is 3.95. The molecule has 0 radical (unpaired) electrons. The minimum absolute atomic E-state index is 0.0692. The molecular weight excluding hydrogens is 254 g/mol. The van der Waals surface area contributed by atoms with Gasteiger partial charge in [-0.3, -0.25) is 10.3 Å². The average Bonchev–Trinajstić information content (AvgIpc) is 2.46. The number of hydrogen-bond donors (Lipinski definition) is 2. The second-order valence-corrected chi connectivity index (χ2v) is 5.33. The van der Waals surface area contributed by atoms with Gasteiger partial charge in [0.2, 0.25) is 0 Å². The van der Waals surface area contributed by atoms with E-state index in [0.717, 1.165) is 25.4 Å². The van der Waals surface area contributed by atoms with Gasteiger partial charge in [0.1, 0.15) is 24.3 Å². The molecule has 0 spiro atoms. The maximum atomic E-state index is 7.34. The van der Waals surface area contributed by atoms with E-state index in [4.69, 9.17) is 20.6 Å². The van der Waals surface area contributed by atoms with Gasteiger partial charge in [0, 0.05) is 24.7 Å². The van der Waals surface area contributed by atoms with Crippen LogP contribution in [0.5, 0.6) is 5.75 Å². The maximum absolute atomic E-state index is 7.34.